The summed E-state index contributed by atoms with van der Waals surface area (Å²) in [4.78, 5) is 17.2. The number of nitrogens with zero attached hydrogens (tertiary/aromatic N) is 2. The largest absolute Gasteiger partial charge is 0.342 e. The van der Waals surface area contributed by atoms with Crippen molar-refractivity contribution in [3.05, 3.63) is 41.5 Å². The summed E-state index contributed by atoms with van der Waals surface area (Å²) in [5, 5.41) is 0. The normalized spacial score (nSPS) is 27.9. The number of carbonyl (C=O) groups excluding carboxylic acids is 1. The Hall–Kier alpha value is -1.61. The first kappa shape index (κ1) is 19.7. The van der Waals surface area contributed by atoms with E-state index in [9.17, 15) is 4.79 Å². The quantitative estimate of drug-likeness (QED) is 0.744. The fourth-order valence-corrected chi connectivity index (χ4v) is 5.46. The van der Waals surface area contributed by atoms with Crippen molar-refractivity contribution in [2.45, 2.75) is 58.9 Å². The molecule has 3 nitrogen and oxygen atoms in total. The average molecular weight is 381 g/mol. The van der Waals surface area contributed by atoms with Crippen LogP contribution in [0.25, 0.3) is 5.57 Å². The SMILES string of the molecule is CC(C)C(=O)N1C[C@H]2CCC=C(c3ccc(CCN4CCCC4C)cc3)[C@H]2C1. The third-order valence-corrected chi connectivity index (χ3v) is 7.21. The minimum absolute atomic E-state index is 0.102. The van der Waals surface area contributed by atoms with E-state index in [0.717, 1.165) is 32.0 Å². The standard InChI is InChI=1S/C25H36N2O/c1-18(2)25(28)27-16-22-7-4-8-23(24(22)17-27)21-11-9-20(10-12-21)13-15-26-14-5-6-19(26)3/h8-12,18-19,22,24H,4-7,13-17H2,1-3H3/t19?,22-,24+/m1/s1. The van der Waals surface area contributed by atoms with Gasteiger partial charge in [-0.15, -0.1) is 0 Å². The maximum absolute atomic E-state index is 12.5. The first-order valence-electron chi connectivity index (χ1n) is 11.3. The molecule has 1 unspecified atom stereocenters. The van der Waals surface area contributed by atoms with Gasteiger partial charge in [0.1, 0.15) is 0 Å². The number of rotatable bonds is 5. The number of carbonyl (C=O) groups is 1. The lowest BCUT2D eigenvalue weighted by atomic mass is 9.78. The average Bonchev–Trinajstić information content (AvgIpc) is 3.31. The molecule has 1 aromatic rings. The van der Waals surface area contributed by atoms with Crippen molar-refractivity contribution in [1.82, 2.24) is 9.80 Å². The summed E-state index contributed by atoms with van der Waals surface area (Å²) in [5.74, 6) is 1.58. The van der Waals surface area contributed by atoms with E-state index in [2.05, 4.69) is 47.1 Å². The number of hydrogen-bond acceptors (Lipinski definition) is 2. The van der Waals surface area contributed by atoms with Gasteiger partial charge < -0.3 is 9.80 Å². The molecule has 3 heteroatoms. The van der Waals surface area contributed by atoms with Crippen LogP contribution in [0.3, 0.4) is 0 Å². The van der Waals surface area contributed by atoms with E-state index in [0.29, 0.717) is 17.7 Å². The summed E-state index contributed by atoms with van der Waals surface area (Å²) in [5.41, 5.74) is 4.29. The van der Waals surface area contributed by atoms with Gasteiger partial charge in [-0.1, -0.05) is 44.2 Å². The Labute approximate surface area is 170 Å². The lowest BCUT2D eigenvalue weighted by molar-refractivity contribution is -0.133. The van der Waals surface area contributed by atoms with Crippen LogP contribution in [0.15, 0.2) is 30.3 Å². The molecule has 2 aliphatic heterocycles. The molecule has 0 N–H and O–H groups in total. The molecule has 4 rings (SSSR count). The summed E-state index contributed by atoms with van der Waals surface area (Å²) in [7, 11) is 0. The third kappa shape index (κ3) is 4.05. The van der Waals surface area contributed by atoms with E-state index in [-0.39, 0.29) is 5.92 Å². The summed E-state index contributed by atoms with van der Waals surface area (Å²) in [6.45, 7) is 10.7. The summed E-state index contributed by atoms with van der Waals surface area (Å²) < 4.78 is 0. The molecule has 2 saturated heterocycles. The molecule has 152 valence electrons. The van der Waals surface area contributed by atoms with Gasteiger partial charge in [-0.3, -0.25) is 4.79 Å². The van der Waals surface area contributed by atoms with E-state index < -0.39 is 0 Å². The molecular weight excluding hydrogens is 344 g/mol. The zero-order valence-electron chi connectivity index (χ0n) is 17.9. The molecule has 0 radical (unpaired) electrons. The summed E-state index contributed by atoms with van der Waals surface area (Å²) in [6.07, 6.45) is 8.66. The van der Waals surface area contributed by atoms with Crippen LogP contribution in [0, 0.1) is 17.8 Å². The van der Waals surface area contributed by atoms with E-state index in [1.807, 2.05) is 13.8 Å². The Morgan fingerprint density at radius 1 is 1.14 bits per heavy atom. The van der Waals surface area contributed by atoms with Crippen LogP contribution in [0.1, 0.15) is 57.6 Å². The van der Waals surface area contributed by atoms with Crippen molar-refractivity contribution >= 4 is 11.5 Å². The van der Waals surface area contributed by atoms with Gasteiger partial charge in [0, 0.05) is 37.5 Å². The van der Waals surface area contributed by atoms with E-state index in [1.165, 1.54) is 49.1 Å². The molecule has 2 heterocycles. The van der Waals surface area contributed by atoms with Crippen LogP contribution in [0.4, 0.5) is 0 Å². The van der Waals surface area contributed by atoms with E-state index in [4.69, 9.17) is 0 Å². The molecule has 0 spiro atoms. The van der Waals surface area contributed by atoms with Crippen LogP contribution in [-0.4, -0.2) is 47.9 Å². The molecule has 1 aromatic carbocycles. The van der Waals surface area contributed by atoms with Gasteiger partial charge in [0.15, 0.2) is 0 Å². The van der Waals surface area contributed by atoms with Gasteiger partial charge >= 0.3 is 0 Å². The van der Waals surface area contributed by atoms with Crippen LogP contribution < -0.4 is 0 Å². The second-order valence-electron chi connectivity index (χ2n) is 9.48. The monoisotopic (exact) mass is 380 g/mol. The Morgan fingerprint density at radius 2 is 1.93 bits per heavy atom. The Balaban J connectivity index is 1.41. The Bertz CT molecular complexity index is 721. The smallest absolute Gasteiger partial charge is 0.225 e. The molecule has 0 aromatic heterocycles. The van der Waals surface area contributed by atoms with Crippen molar-refractivity contribution in [2.75, 3.05) is 26.2 Å². The maximum Gasteiger partial charge on any atom is 0.225 e. The van der Waals surface area contributed by atoms with Crippen molar-refractivity contribution in [3.63, 3.8) is 0 Å². The molecule has 28 heavy (non-hydrogen) atoms. The van der Waals surface area contributed by atoms with Crippen LogP contribution in [-0.2, 0) is 11.2 Å². The van der Waals surface area contributed by atoms with Gasteiger partial charge in [0.05, 0.1) is 0 Å². The predicted octanol–water partition coefficient (Wildman–Crippen LogP) is 4.62. The number of likely N-dealkylation sites (tertiary alicyclic amines) is 2. The Morgan fingerprint density at radius 3 is 2.61 bits per heavy atom. The number of fused-ring (bicyclic) bond motifs is 1. The number of amides is 1. The Kier molecular flexibility index (Phi) is 5.91. The molecular formula is C25H36N2O. The fraction of sp³-hybridized carbons (Fsp3) is 0.640. The van der Waals surface area contributed by atoms with E-state index in [1.54, 1.807) is 0 Å². The van der Waals surface area contributed by atoms with Crippen LogP contribution in [0.5, 0.6) is 0 Å². The molecule has 1 aliphatic carbocycles. The van der Waals surface area contributed by atoms with Crippen molar-refractivity contribution in [3.8, 4) is 0 Å². The van der Waals surface area contributed by atoms with Gasteiger partial charge in [-0.25, -0.2) is 0 Å². The molecule has 3 atom stereocenters. The zero-order valence-corrected chi connectivity index (χ0v) is 17.9. The summed E-state index contributed by atoms with van der Waals surface area (Å²) >= 11 is 0. The van der Waals surface area contributed by atoms with E-state index >= 15 is 0 Å². The lowest BCUT2D eigenvalue weighted by Gasteiger charge is -2.26. The van der Waals surface area contributed by atoms with Gasteiger partial charge in [0.2, 0.25) is 5.91 Å². The highest BCUT2D eigenvalue weighted by molar-refractivity contribution is 5.79. The molecule has 0 saturated carbocycles. The van der Waals surface area contributed by atoms with Crippen LogP contribution >= 0.6 is 0 Å². The van der Waals surface area contributed by atoms with Gasteiger partial charge in [0.25, 0.3) is 0 Å². The topological polar surface area (TPSA) is 23.6 Å². The highest BCUT2D eigenvalue weighted by Gasteiger charge is 2.39. The van der Waals surface area contributed by atoms with Gasteiger partial charge in [-0.05, 0) is 68.2 Å². The van der Waals surface area contributed by atoms with Crippen LogP contribution in [0.2, 0.25) is 0 Å². The minimum atomic E-state index is 0.102. The minimum Gasteiger partial charge on any atom is -0.342 e. The molecule has 0 bridgehead atoms. The van der Waals surface area contributed by atoms with Crippen molar-refractivity contribution in [1.29, 1.82) is 0 Å². The number of allylic oxidation sites excluding steroid dienone is 1. The molecule has 2 fully saturated rings. The summed E-state index contributed by atoms with van der Waals surface area (Å²) in [6, 6.07) is 10.1. The highest BCUT2D eigenvalue weighted by Crippen LogP contribution is 2.41. The lowest BCUT2D eigenvalue weighted by Crippen LogP contribution is -2.32. The molecule has 3 aliphatic rings. The first-order valence-corrected chi connectivity index (χ1v) is 11.3. The number of benzene rings is 1. The zero-order chi connectivity index (χ0) is 19.7. The maximum atomic E-state index is 12.5. The second kappa shape index (κ2) is 8.41. The third-order valence-electron chi connectivity index (χ3n) is 7.21. The van der Waals surface area contributed by atoms with Crippen molar-refractivity contribution in [2.24, 2.45) is 17.8 Å². The van der Waals surface area contributed by atoms with Crippen molar-refractivity contribution < 1.29 is 4.79 Å². The number of hydrogen-bond donors (Lipinski definition) is 0. The second-order valence-corrected chi connectivity index (χ2v) is 9.48. The fourth-order valence-electron chi connectivity index (χ4n) is 5.46. The van der Waals surface area contributed by atoms with Gasteiger partial charge in [-0.2, -0.15) is 0 Å². The highest BCUT2D eigenvalue weighted by atomic mass is 16.2. The molecule has 1 amide bonds. The predicted molar refractivity (Wildman–Crippen MR) is 116 cm³/mol. The first-order chi connectivity index (χ1) is 13.5.